The molecule has 1 rings (SSSR count). The highest BCUT2D eigenvalue weighted by Gasteiger charge is 2.31. The van der Waals surface area contributed by atoms with Crippen molar-refractivity contribution < 1.29 is 4.79 Å². The lowest BCUT2D eigenvalue weighted by atomic mass is 9.76. The molecule has 0 aliphatic heterocycles. The molecule has 1 atom stereocenters. The van der Waals surface area contributed by atoms with Gasteiger partial charge in [-0.05, 0) is 24.2 Å². The molecule has 1 nitrogen and oxygen atoms in total. The highest BCUT2D eigenvalue weighted by Crippen LogP contribution is 2.40. The van der Waals surface area contributed by atoms with Gasteiger partial charge in [0.15, 0.2) is 0 Å². The summed E-state index contributed by atoms with van der Waals surface area (Å²) in [5.41, 5.74) is 1.29. The van der Waals surface area contributed by atoms with Crippen LogP contribution < -0.4 is 0 Å². The van der Waals surface area contributed by atoms with Gasteiger partial charge in [0.1, 0.15) is 5.78 Å². The maximum Gasteiger partial charge on any atom is 0.133 e. The van der Waals surface area contributed by atoms with E-state index in [1.807, 2.05) is 0 Å². The van der Waals surface area contributed by atoms with Crippen LogP contribution in [0.4, 0.5) is 0 Å². The van der Waals surface area contributed by atoms with Crippen LogP contribution in [0.2, 0.25) is 0 Å². The second-order valence-electron chi connectivity index (χ2n) is 4.83. The summed E-state index contributed by atoms with van der Waals surface area (Å²) in [6, 6.07) is 0. The lowest BCUT2D eigenvalue weighted by molar-refractivity contribution is -0.117. The van der Waals surface area contributed by atoms with E-state index in [9.17, 15) is 4.79 Å². The van der Waals surface area contributed by atoms with Gasteiger partial charge in [0, 0.05) is 18.7 Å². The molecule has 0 bridgehead atoms. The molecular formula is C12H19ClO. The predicted molar refractivity (Wildman–Crippen MR) is 60.6 cm³/mol. The molecule has 0 unspecified atom stereocenters. The van der Waals surface area contributed by atoms with Crippen molar-refractivity contribution >= 4 is 17.4 Å². The SMILES string of the molecule is C=C([C@H]1CCC(=O)C1)C(C)(C)CCCl. The van der Waals surface area contributed by atoms with E-state index in [2.05, 4.69) is 20.4 Å². The number of alkyl halides is 1. The molecule has 0 spiro atoms. The summed E-state index contributed by atoms with van der Waals surface area (Å²) < 4.78 is 0. The average molecular weight is 215 g/mol. The van der Waals surface area contributed by atoms with E-state index in [1.54, 1.807) is 0 Å². The maximum atomic E-state index is 11.2. The van der Waals surface area contributed by atoms with E-state index in [0.29, 0.717) is 24.0 Å². The van der Waals surface area contributed by atoms with Crippen LogP contribution in [0.25, 0.3) is 0 Å². The Labute approximate surface area is 91.5 Å². The number of Topliss-reactive ketones (excluding diaryl/α,β-unsaturated/α-hetero) is 1. The lowest BCUT2D eigenvalue weighted by Crippen LogP contribution is -2.20. The molecule has 0 aromatic rings. The molecule has 0 amide bonds. The minimum atomic E-state index is 0.0804. The minimum absolute atomic E-state index is 0.0804. The summed E-state index contributed by atoms with van der Waals surface area (Å²) in [5.74, 6) is 1.45. The van der Waals surface area contributed by atoms with Crippen molar-refractivity contribution in [2.45, 2.75) is 39.5 Å². The number of halogens is 1. The molecule has 14 heavy (non-hydrogen) atoms. The third-order valence-corrected chi connectivity index (χ3v) is 3.52. The van der Waals surface area contributed by atoms with E-state index >= 15 is 0 Å². The molecule has 1 aliphatic rings. The summed E-state index contributed by atoms with van der Waals surface area (Å²) in [6.45, 7) is 8.48. The standard InChI is InChI=1S/C12H19ClO/c1-9(12(2,3)6-7-13)10-4-5-11(14)8-10/h10H,1,4-8H2,2-3H3/t10-/m0/s1. The molecule has 0 aromatic carbocycles. The van der Waals surface area contributed by atoms with Crippen molar-refractivity contribution in [1.82, 2.24) is 0 Å². The second-order valence-corrected chi connectivity index (χ2v) is 5.20. The van der Waals surface area contributed by atoms with Crippen molar-refractivity contribution in [2.24, 2.45) is 11.3 Å². The number of rotatable bonds is 4. The molecule has 1 aliphatic carbocycles. The quantitative estimate of drug-likeness (QED) is 0.517. The summed E-state index contributed by atoms with van der Waals surface area (Å²) >= 11 is 5.76. The van der Waals surface area contributed by atoms with Gasteiger partial charge in [-0.2, -0.15) is 0 Å². The number of carbonyl (C=O) groups is 1. The van der Waals surface area contributed by atoms with Crippen LogP contribution in [0.3, 0.4) is 0 Å². The molecule has 2 heteroatoms. The smallest absolute Gasteiger partial charge is 0.133 e. The first-order valence-corrected chi connectivity index (χ1v) is 5.78. The molecule has 0 saturated heterocycles. The van der Waals surface area contributed by atoms with E-state index in [1.165, 1.54) is 5.57 Å². The predicted octanol–water partition coefficient (Wildman–Crippen LogP) is 3.57. The van der Waals surface area contributed by atoms with Crippen LogP contribution in [0.1, 0.15) is 39.5 Å². The molecular weight excluding hydrogens is 196 g/mol. The van der Waals surface area contributed by atoms with E-state index in [-0.39, 0.29) is 5.41 Å². The first-order chi connectivity index (χ1) is 6.47. The van der Waals surface area contributed by atoms with Gasteiger partial charge in [-0.25, -0.2) is 0 Å². The zero-order chi connectivity index (χ0) is 10.8. The number of carbonyl (C=O) groups excluding carboxylic acids is 1. The Bertz CT molecular complexity index is 243. The third-order valence-electron chi connectivity index (χ3n) is 3.33. The van der Waals surface area contributed by atoms with Crippen molar-refractivity contribution in [3.63, 3.8) is 0 Å². The summed E-state index contributed by atoms with van der Waals surface area (Å²) in [7, 11) is 0. The van der Waals surface area contributed by atoms with Gasteiger partial charge in [0.2, 0.25) is 0 Å². The van der Waals surface area contributed by atoms with E-state index in [4.69, 9.17) is 11.6 Å². The fourth-order valence-electron chi connectivity index (χ4n) is 2.06. The van der Waals surface area contributed by atoms with Gasteiger partial charge in [-0.15, -0.1) is 11.6 Å². The number of hydrogen-bond acceptors (Lipinski definition) is 1. The summed E-state index contributed by atoms with van der Waals surface area (Å²) in [6.07, 6.45) is 3.37. The highest BCUT2D eigenvalue weighted by atomic mass is 35.5. The normalized spacial score (nSPS) is 22.8. The first-order valence-electron chi connectivity index (χ1n) is 5.24. The van der Waals surface area contributed by atoms with Gasteiger partial charge in [0.25, 0.3) is 0 Å². The Balaban J connectivity index is 2.60. The molecule has 0 heterocycles. The molecule has 0 radical (unpaired) electrons. The Kier molecular flexibility index (Phi) is 3.77. The molecule has 1 saturated carbocycles. The zero-order valence-corrected chi connectivity index (χ0v) is 9.86. The largest absolute Gasteiger partial charge is 0.300 e. The highest BCUT2D eigenvalue weighted by molar-refractivity contribution is 6.17. The van der Waals surface area contributed by atoms with Crippen LogP contribution >= 0.6 is 11.6 Å². The number of ketones is 1. The van der Waals surface area contributed by atoms with Crippen LogP contribution in [0.5, 0.6) is 0 Å². The average Bonchev–Trinajstić information content (AvgIpc) is 2.50. The molecule has 0 N–H and O–H groups in total. The number of hydrogen-bond donors (Lipinski definition) is 0. The first kappa shape index (κ1) is 11.8. The zero-order valence-electron chi connectivity index (χ0n) is 9.11. The molecule has 0 aromatic heterocycles. The Morgan fingerprint density at radius 2 is 2.29 bits per heavy atom. The topological polar surface area (TPSA) is 17.1 Å². The second kappa shape index (κ2) is 4.48. The van der Waals surface area contributed by atoms with Gasteiger partial charge < -0.3 is 0 Å². The van der Waals surface area contributed by atoms with Gasteiger partial charge in [-0.1, -0.05) is 26.0 Å². The van der Waals surface area contributed by atoms with E-state index < -0.39 is 0 Å². The van der Waals surface area contributed by atoms with Crippen LogP contribution in [-0.4, -0.2) is 11.7 Å². The Morgan fingerprint density at radius 1 is 1.64 bits per heavy atom. The van der Waals surface area contributed by atoms with Crippen LogP contribution in [0, 0.1) is 11.3 Å². The van der Waals surface area contributed by atoms with Crippen molar-refractivity contribution in [1.29, 1.82) is 0 Å². The van der Waals surface area contributed by atoms with Crippen molar-refractivity contribution in [3.05, 3.63) is 12.2 Å². The van der Waals surface area contributed by atoms with Gasteiger partial charge >= 0.3 is 0 Å². The number of allylic oxidation sites excluding steroid dienone is 1. The van der Waals surface area contributed by atoms with Crippen molar-refractivity contribution in [3.8, 4) is 0 Å². The molecule has 80 valence electrons. The summed E-state index contributed by atoms with van der Waals surface area (Å²) in [5, 5.41) is 0. The van der Waals surface area contributed by atoms with Crippen molar-refractivity contribution in [2.75, 3.05) is 5.88 Å². The van der Waals surface area contributed by atoms with E-state index in [0.717, 1.165) is 19.3 Å². The van der Waals surface area contributed by atoms with Crippen LogP contribution in [-0.2, 0) is 4.79 Å². The Hall–Kier alpha value is -0.300. The maximum absolute atomic E-state index is 11.2. The lowest BCUT2D eigenvalue weighted by Gasteiger charge is -2.30. The van der Waals surface area contributed by atoms with Gasteiger partial charge in [0.05, 0.1) is 0 Å². The monoisotopic (exact) mass is 214 g/mol. The third kappa shape index (κ3) is 2.60. The van der Waals surface area contributed by atoms with Gasteiger partial charge in [-0.3, -0.25) is 4.79 Å². The fourth-order valence-corrected chi connectivity index (χ4v) is 2.53. The summed E-state index contributed by atoms with van der Waals surface area (Å²) in [4.78, 5) is 11.2. The fraction of sp³-hybridized carbons (Fsp3) is 0.750. The molecule has 1 fully saturated rings. The Morgan fingerprint density at radius 3 is 2.71 bits per heavy atom. The van der Waals surface area contributed by atoms with Crippen LogP contribution in [0.15, 0.2) is 12.2 Å². The minimum Gasteiger partial charge on any atom is -0.300 e.